The van der Waals surface area contributed by atoms with Gasteiger partial charge >= 0.3 is 0 Å². The monoisotopic (exact) mass is 246 g/mol. The van der Waals surface area contributed by atoms with Gasteiger partial charge in [0.1, 0.15) is 12.1 Å². The van der Waals surface area contributed by atoms with Crippen LogP contribution < -0.4 is 5.32 Å². The molecular formula is C14H15FN2O. The van der Waals surface area contributed by atoms with E-state index < -0.39 is 0 Å². The van der Waals surface area contributed by atoms with E-state index in [9.17, 15) is 4.39 Å². The van der Waals surface area contributed by atoms with Crippen LogP contribution in [0.15, 0.2) is 28.9 Å². The molecule has 3 nitrogen and oxygen atoms in total. The summed E-state index contributed by atoms with van der Waals surface area (Å²) in [4.78, 5) is 4.31. The molecule has 0 spiro atoms. The molecule has 0 unspecified atom stereocenters. The van der Waals surface area contributed by atoms with Crippen LogP contribution in [-0.2, 0) is 6.54 Å². The normalized spacial score (nSPS) is 15.0. The molecule has 0 bridgehead atoms. The van der Waals surface area contributed by atoms with E-state index in [1.165, 1.54) is 18.9 Å². The molecular weight excluding hydrogens is 231 g/mol. The van der Waals surface area contributed by atoms with Gasteiger partial charge in [0, 0.05) is 12.6 Å². The number of aromatic nitrogens is 1. The van der Waals surface area contributed by atoms with Gasteiger partial charge in [0.15, 0.2) is 0 Å². The zero-order chi connectivity index (χ0) is 12.5. The first-order valence-electron chi connectivity index (χ1n) is 6.17. The highest BCUT2D eigenvalue weighted by atomic mass is 19.1. The van der Waals surface area contributed by atoms with Crippen LogP contribution in [0.25, 0.3) is 11.5 Å². The fraction of sp³-hybridized carbons (Fsp3) is 0.357. The molecule has 1 aliphatic rings. The molecule has 1 saturated carbocycles. The molecule has 0 amide bonds. The molecule has 1 N–H and O–H groups in total. The van der Waals surface area contributed by atoms with Crippen LogP contribution >= 0.6 is 0 Å². The molecule has 0 radical (unpaired) electrons. The topological polar surface area (TPSA) is 38.1 Å². The Morgan fingerprint density at radius 3 is 3.06 bits per heavy atom. The highest BCUT2D eigenvalue weighted by Crippen LogP contribution is 2.24. The third-order valence-electron chi connectivity index (χ3n) is 3.05. The second kappa shape index (κ2) is 4.53. The average molecular weight is 246 g/mol. The van der Waals surface area contributed by atoms with Gasteiger partial charge in [-0.1, -0.05) is 11.6 Å². The Morgan fingerprint density at radius 1 is 1.44 bits per heavy atom. The second-order valence-corrected chi connectivity index (χ2v) is 4.78. The first kappa shape index (κ1) is 11.4. The maximum absolute atomic E-state index is 13.7. The molecule has 0 atom stereocenters. The predicted molar refractivity (Wildman–Crippen MR) is 66.5 cm³/mol. The van der Waals surface area contributed by atoms with Crippen molar-refractivity contribution in [1.29, 1.82) is 0 Å². The van der Waals surface area contributed by atoms with Crippen molar-refractivity contribution in [2.75, 3.05) is 0 Å². The van der Waals surface area contributed by atoms with Crippen molar-refractivity contribution < 1.29 is 8.81 Å². The lowest BCUT2D eigenvalue weighted by atomic mass is 10.1. The second-order valence-electron chi connectivity index (χ2n) is 4.78. The number of halogens is 1. The number of nitrogens with zero attached hydrogens (tertiary/aromatic N) is 1. The number of rotatable bonds is 4. The van der Waals surface area contributed by atoms with E-state index in [1.54, 1.807) is 18.4 Å². The van der Waals surface area contributed by atoms with Gasteiger partial charge in [0.2, 0.25) is 5.89 Å². The Labute approximate surface area is 105 Å². The Kier molecular flexibility index (Phi) is 2.88. The van der Waals surface area contributed by atoms with Crippen molar-refractivity contribution >= 4 is 0 Å². The lowest BCUT2D eigenvalue weighted by Crippen LogP contribution is -2.15. The van der Waals surface area contributed by atoms with Crippen molar-refractivity contribution in [3.63, 3.8) is 0 Å². The molecule has 1 fully saturated rings. The van der Waals surface area contributed by atoms with Gasteiger partial charge in [0.05, 0.1) is 11.3 Å². The van der Waals surface area contributed by atoms with Gasteiger partial charge in [-0.05, 0) is 31.9 Å². The van der Waals surface area contributed by atoms with Crippen LogP contribution in [-0.4, -0.2) is 11.0 Å². The maximum atomic E-state index is 13.7. The molecule has 1 aliphatic carbocycles. The lowest BCUT2D eigenvalue weighted by molar-refractivity contribution is 0.558. The van der Waals surface area contributed by atoms with E-state index >= 15 is 0 Å². The molecule has 94 valence electrons. The summed E-state index contributed by atoms with van der Waals surface area (Å²) in [6, 6.07) is 5.55. The zero-order valence-corrected chi connectivity index (χ0v) is 10.2. The van der Waals surface area contributed by atoms with Crippen LogP contribution in [0.4, 0.5) is 4.39 Å². The quantitative estimate of drug-likeness (QED) is 0.901. The Bertz CT molecular complexity index is 561. The zero-order valence-electron chi connectivity index (χ0n) is 10.2. The van der Waals surface area contributed by atoms with Crippen molar-refractivity contribution in [2.45, 2.75) is 32.4 Å². The first-order chi connectivity index (χ1) is 8.72. The molecule has 1 aromatic carbocycles. The van der Waals surface area contributed by atoms with E-state index in [4.69, 9.17) is 4.42 Å². The predicted octanol–water partition coefficient (Wildman–Crippen LogP) is 3.04. The summed E-state index contributed by atoms with van der Waals surface area (Å²) < 4.78 is 19.0. The minimum atomic E-state index is -0.302. The molecule has 0 saturated heterocycles. The summed E-state index contributed by atoms with van der Waals surface area (Å²) in [5, 5.41) is 3.35. The summed E-state index contributed by atoms with van der Waals surface area (Å²) in [7, 11) is 0. The number of oxazole rings is 1. The number of aryl methyl sites for hydroxylation is 1. The summed E-state index contributed by atoms with van der Waals surface area (Å²) in [5.41, 5.74) is 2.23. The molecule has 1 aromatic heterocycles. The van der Waals surface area contributed by atoms with Crippen LogP contribution in [0.3, 0.4) is 0 Å². The van der Waals surface area contributed by atoms with Gasteiger partial charge in [-0.3, -0.25) is 0 Å². The van der Waals surface area contributed by atoms with Crippen molar-refractivity contribution in [3.8, 4) is 11.5 Å². The SMILES string of the molecule is Cc1ccc(F)c(-c2nc(CNC3CC3)co2)c1. The van der Waals surface area contributed by atoms with Crippen LogP contribution in [0.2, 0.25) is 0 Å². The number of benzene rings is 1. The average Bonchev–Trinajstić information content (AvgIpc) is 3.08. The Balaban J connectivity index is 1.80. The first-order valence-corrected chi connectivity index (χ1v) is 6.17. The number of hydrogen-bond donors (Lipinski definition) is 1. The summed E-state index contributed by atoms with van der Waals surface area (Å²) in [6.45, 7) is 2.60. The largest absolute Gasteiger partial charge is 0.444 e. The van der Waals surface area contributed by atoms with Crippen LogP contribution in [0.1, 0.15) is 24.1 Å². The van der Waals surface area contributed by atoms with E-state index in [1.807, 2.05) is 6.92 Å². The van der Waals surface area contributed by atoms with Crippen molar-refractivity contribution in [1.82, 2.24) is 10.3 Å². The highest BCUT2D eigenvalue weighted by molar-refractivity contribution is 5.55. The third kappa shape index (κ3) is 2.43. The molecule has 3 rings (SSSR count). The van der Waals surface area contributed by atoms with Gasteiger partial charge in [-0.2, -0.15) is 0 Å². The van der Waals surface area contributed by atoms with Gasteiger partial charge in [-0.15, -0.1) is 0 Å². The van der Waals surface area contributed by atoms with E-state index in [0.29, 0.717) is 24.0 Å². The van der Waals surface area contributed by atoms with Gasteiger partial charge in [0.25, 0.3) is 0 Å². The van der Waals surface area contributed by atoms with Gasteiger partial charge in [-0.25, -0.2) is 9.37 Å². The summed E-state index contributed by atoms with van der Waals surface area (Å²) in [5.74, 6) is 0.0490. The third-order valence-corrected chi connectivity index (χ3v) is 3.05. The minimum absolute atomic E-state index is 0.302. The fourth-order valence-electron chi connectivity index (χ4n) is 1.85. The lowest BCUT2D eigenvalue weighted by Gasteiger charge is -1.99. The molecule has 18 heavy (non-hydrogen) atoms. The maximum Gasteiger partial charge on any atom is 0.229 e. The highest BCUT2D eigenvalue weighted by Gasteiger charge is 2.21. The molecule has 0 aliphatic heterocycles. The van der Waals surface area contributed by atoms with Gasteiger partial charge < -0.3 is 9.73 Å². The fourth-order valence-corrected chi connectivity index (χ4v) is 1.85. The number of nitrogens with one attached hydrogen (secondary N) is 1. The summed E-state index contributed by atoms with van der Waals surface area (Å²) in [6.07, 6.45) is 4.06. The van der Waals surface area contributed by atoms with Crippen molar-refractivity contribution in [2.24, 2.45) is 0 Å². The molecule has 4 heteroatoms. The number of hydrogen-bond acceptors (Lipinski definition) is 3. The van der Waals surface area contributed by atoms with E-state index in [0.717, 1.165) is 11.3 Å². The Morgan fingerprint density at radius 2 is 2.28 bits per heavy atom. The van der Waals surface area contributed by atoms with E-state index in [2.05, 4.69) is 10.3 Å². The van der Waals surface area contributed by atoms with E-state index in [-0.39, 0.29) is 5.82 Å². The van der Waals surface area contributed by atoms with Crippen LogP contribution in [0, 0.1) is 12.7 Å². The smallest absolute Gasteiger partial charge is 0.229 e. The Hall–Kier alpha value is -1.68. The van der Waals surface area contributed by atoms with Crippen molar-refractivity contribution in [3.05, 3.63) is 41.5 Å². The molecule has 2 aromatic rings. The minimum Gasteiger partial charge on any atom is -0.444 e. The summed E-state index contributed by atoms with van der Waals surface area (Å²) >= 11 is 0. The molecule has 1 heterocycles. The van der Waals surface area contributed by atoms with Crippen LogP contribution in [0.5, 0.6) is 0 Å². The standard InChI is InChI=1S/C14H15FN2O/c1-9-2-5-13(15)12(6-9)14-17-11(8-18-14)7-16-10-3-4-10/h2,5-6,8,10,16H,3-4,7H2,1H3.